The number of hydrogen-bond acceptors (Lipinski definition) is 3. The van der Waals surface area contributed by atoms with Gasteiger partial charge in [0.2, 0.25) is 5.91 Å². The average molecular weight is 276 g/mol. The van der Waals surface area contributed by atoms with Gasteiger partial charge in [0.05, 0.1) is 0 Å². The van der Waals surface area contributed by atoms with Crippen LogP contribution in [0.3, 0.4) is 0 Å². The number of benzene rings is 1. The quantitative estimate of drug-likeness (QED) is 0.743. The minimum Gasteiger partial charge on any atom is -0.385 e. The predicted molar refractivity (Wildman–Crippen MR) is 82.1 cm³/mol. The number of hydrogen-bond donors (Lipinski definition) is 1. The number of rotatable bonds is 8. The highest BCUT2D eigenvalue weighted by Gasteiger charge is 2.08. The molecule has 0 saturated heterocycles. The predicted octanol–water partition coefficient (Wildman–Crippen LogP) is 2.95. The van der Waals surface area contributed by atoms with Crippen LogP contribution < -0.4 is 5.32 Å². The Morgan fingerprint density at radius 2 is 1.65 bits per heavy atom. The molecule has 0 saturated carbocycles. The van der Waals surface area contributed by atoms with Gasteiger partial charge in [-0.1, -0.05) is 6.92 Å². The molecule has 0 bridgehead atoms. The van der Waals surface area contributed by atoms with E-state index in [9.17, 15) is 9.59 Å². The Labute approximate surface area is 121 Å². The molecule has 0 aliphatic rings. The van der Waals surface area contributed by atoms with Crippen molar-refractivity contribution in [3.8, 4) is 0 Å². The van der Waals surface area contributed by atoms with E-state index >= 15 is 0 Å². The smallest absolute Gasteiger partial charge is 0.224 e. The number of amides is 1. The monoisotopic (exact) mass is 276 g/mol. The molecule has 0 aliphatic carbocycles. The molecule has 0 aliphatic heterocycles. The molecule has 0 unspecified atom stereocenters. The molecule has 0 spiro atoms. The van der Waals surface area contributed by atoms with Gasteiger partial charge < -0.3 is 10.2 Å². The molecule has 1 N–H and O–H groups in total. The summed E-state index contributed by atoms with van der Waals surface area (Å²) in [7, 11) is 0. The summed E-state index contributed by atoms with van der Waals surface area (Å²) in [5.41, 5.74) is 1.67. The van der Waals surface area contributed by atoms with E-state index in [0.717, 1.165) is 24.3 Å². The minimum absolute atomic E-state index is 0.147. The van der Waals surface area contributed by atoms with Gasteiger partial charge in [-0.05, 0) is 38.1 Å². The van der Waals surface area contributed by atoms with Crippen LogP contribution in [-0.4, -0.2) is 36.2 Å². The molecule has 110 valence electrons. The van der Waals surface area contributed by atoms with Gasteiger partial charge >= 0.3 is 0 Å². The number of nitrogens with one attached hydrogen (secondary N) is 1. The van der Waals surface area contributed by atoms with Crippen LogP contribution in [0.5, 0.6) is 0 Å². The van der Waals surface area contributed by atoms with Gasteiger partial charge in [-0.3, -0.25) is 9.59 Å². The maximum atomic E-state index is 11.8. The third-order valence-corrected chi connectivity index (χ3v) is 3.31. The van der Waals surface area contributed by atoms with Gasteiger partial charge in [-0.15, -0.1) is 0 Å². The SMILES string of the molecule is CCC(=O)c1ccc(NCCC(=O)N(CC)CC)cc1. The molecule has 0 radical (unpaired) electrons. The van der Waals surface area contributed by atoms with Crippen molar-refractivity contribution in [1.29, 1.82) is 0 Å². The van der Waals surface area contributed by atoms with Gasteiger partial charge in [-0.2, -0.15) is 0 Å². The standard InChI is InChI=1S/C16H24N2O2/c1-4-15(19)13-7-9-14(10-8-13)17-12-11-16(20)18(5-2)6-3/h7-10,17H,4-6,11-12H2,1-3H3. The highest BCUT2D eigenvalue weighted by atomic mass is 16.2. The van der Waals surface area contributed by atoms with Gasteiger partial charge in [0.15, 0.2) is 5.78 Å². The van der Waals surface area contributed by atoms with Gasteiger partial charge in [0.1, 0.15) is 0 Å². The lowest BCUT2D eigenvalue weighted by Crippen LogP contribution is -2.31. The second-order valence-electron chi connectivity index (χ2n) is 4.60. The van der Waals surface area contributed by atoms with Gasteiger partial charge in [-0.25, -0.2) is 0 Å². The number of Topliss-reactive ketones (excluding diaryl/α,β-unsaturated/α-hetero) is 1. The Morgan fingerprint density at radius 3 is 2.15 bits per heavy atom. The molecular formula is C16H24N2O2. The summed E-state index contributed by atoms with van der Waals surface area (Å²) in [4.78, 5) is 25.1. The molecule has 0 fully saturated rings. The van der Waals surface area contributed by atoms with Crippen molar-refractivity contribution >= 4 is 17.4 Å². The van der Waals surface area contributed by atoms with E-state index in [-0.39, 0.29) is 11.7 Å². The van der Waals surface area contributed by atoms with E-state index in [4.69, 9.17) is 0 Å². The van der Waals surface area contributed by atoms with Crippen molar-refractivity contribution in [2.75, 3.05) is 25.0 Å². The second-order valence-corrected chi connectivity index (χ2v) is 4.60. The topological polar surface area (TPSA) is 49.4 Å². The van der Waals surface area contributed by atoms with E-state index in [1.807, 2.05) is 49.9 Å². The Bertz CT molecular complexity index is 436. The number of nitrogens with zero attached hydrogens (tertiary/aromatic N) is 1. The molecule has 20 heavy (non-hydrogen) atoms. The molecule has 4 heteroatoms. The lowest BCUT2D eigenvalue weighted by molar-refractivity contribution is -0.130. The lowest BCUT2D eigenvalue weighted by atomic mass is 10.1. The summed E-state index contributed by atoms with van der Waals surface area (Å²) >= 11 is 0. The number of anilines is 1. The first-order chi connectivity index (χ1) is 9.62. The Morgan fingerprint density at radius 1 is 1.05 bits per heavy atom. The molecule has 0 aromatic heterocycles. The van der Waals surface area contributed by atoms with Gasteiger partial charge in [0.25, 0.3) is 0 Å². The zero-order valence-electron chi connectivity index (χ0n) is 12.6. The van der Waals surface area contributed by atoms with Crippen LogP contribution in [0.1, 0.15) is 44.0 Å². The molecule has 1 amide bonds. The maximum absolute atomic E-state index is 11.8. The number of ketones is 1. The van der Waals surface area contributed by atoms with Crippen molar-refractivity contribution in [3.05, 3.63) is 29.8 Å². The summed E-state index contributed by atoms with van der Waals surface area (Å²) in [6.07, 6.45) is 1.00. The van der Waals surface area contributed by atoms with E-state index in [2.05, 4.69) is 5.32 Å². The van der Waals surface area contributed by atoms with E-state index < -0.39 is 0 Å². The Kier molecular flexibility index (Phi) is 6.77. The summed E-state index contributed by atoms with van der Waals surface area (Å²) < 4.78 is 0. The highest BCUT2D eigenvalue weighted by molar-refractivity contribution is 5.96. The first-order valence-electron chi connectivity index (χ1n) is 7.27. The Balaban J connectivity index is 2.43. The van der Waals surface area contributed by atoms with Crippen LogP contribution in [0, 0.1) is 0 Å². The Hall–Kier alpha value is -1.84. The van der Waals surface area contributed by atoms with Crippen LogP contribution in [0.2, 0.25) is 0 Å². The molecule has 0 heterocycles. The van der Waals surface area contributed by atoms with Gasteiger partial charge in [0, 0.05) is 43.7 Å². The zero-order valence-corrected chi connectivity index (χ0v) is 12.6. The molecule has 4 nitrogen and oxygen atoms in total. The molecule has 1 aromatic carbocycles. The fourth-order valence-corrected chi connectivity index (χ4v) is 2.03. The van der Waals surface area contributed by atoms with Crippen LogP contribution in [0.4, 0.5) is 5.69 Å². The second kappa shape index (κ2) is 8.35. The molecular weight excluding hydrogens is 252 g/mol. The van der Waals surface area contributed by atoms with Crippen LogP contribution in [0.15, 0.2) is 24.3 Å². The normalized spacial score (nSPS) is 10.2. The first kappa shape index (κ1) is 16.2. The minimum atomic E-state index is 0.147. The fourth-order valence-electron chi connectivity index (χ4n) is 2.03. The van der Waals surface area contributed by atoms with E-state index in [1.54, 1.807) is 0 Å². The summed E-state index contributed by atoms with van der Waals surface area (Å²) in [5, 5.41) is 3.20. The van der Waals surface area contributed by atoms with Crippen LogP contribution in [-0.2, 0) is 4.79 Å². The summed E-state index contributed by atoms with van der Waals surface area (Å²) in [6, 6.07) is 7.40. The van der Waals surface area contributed by atoms with Crippen LogP contribution in [0.25, 0.3) is 0 Å². The van der Waals surface area contributed by atoms with E-state index in [1.165, 1.54) is 0 Å². The summed E-state index contributed by atoms with van der Waals surface area (Å²) in [5.74, 6) is 0.313. The highest BCUT2D eigenvalue weighted by Crippen LogP contribution is 2.11. The number of carbonyl (C=O) groups is 2. The van der Waals surface area contributed by atoms with Crippen LogP contribution >= 0.6 is 0 Å². The molecule has 0 atom stereocenters. The van der Waals surface area contributed by atoms with Crippen molar-refractivity contribution in [2.45, 2.75) is 33.6 Å². The van der Waals surface area contributed by atoms with Crippen molar-refractivity contribution in [3.63, 3.8) is 0 Å². The third kappa shape index (κ3) is 4.68. The van der Waals surface area contributed by atoms with E-state index in [0.29, 0.717) is 19.4 Å². The maximum Gasteiger partial charge on any atom is 0.224 e. The van der Waals surface area contributed by atoms with Crippen molar-refractivity contribution < 1.29 is 9.59 Å². The number of carbonyl (C=O) groups excluding carboxylic acids is 2. The molecule has 1 rings (SSSR count). The largest absolute Gasteiger partial charge is 0.385 e. The third-order valence-electron chi connectivity index (χ3n) is 3.31. The average Bonchev–Trinajstić information content (AvgIpc) is 2.48. The zero-order chi connectivity index (χ0) is 15.0. The fraction of sp³-hybridized carbons (Fsp3) is 0.500. The molecule has 1 aromatic rings. The lowest BCUT2D eigenvalue weighted by Gasteiger charge is -2.18. The van der Waals surface area contributed by atoms with Crippen molar-refractivity contribution in [2.24, 2.45) is 0 Å². The van der Waals surface area contributed by atoms with Crippen molar-refractivity contribution in [1.82, 2.24) is 4.90 Å². The summed E-state index contributed by atoms with van der Waals surface area (Å²) in [6.45, 7) is 7.94. The first-order valence-corrected chi connectivity index (χ1v) is 7.27.